The van der Waals surface area contributed by atoms with Crippen LogP contribution < -0.4 is 4.74 Å². The van der Waals surface area contributed by atoms with E-state index in [1.165, 1.54) is 24.2 Å². The summed E-state index contributed by atoms with van der Waals surface area (Å²) < 4.78 is 5.55. The third-order valence-corrected chi connectivity index (χ3v) is 7.65. The highest BCUT2D eigenvalue weighted by molar-refractivity contribution is 6.24. The number of carbonyl (C=O) groups is 4. The van der Waals surface area contributed by atoms with Crippen LogP contribution in [0.2, 0.25) is 0 Å². The van der Waals surface area contributed by atoms with Gasteiger partial charge in [0.05, 0.1) is 18.9 Å². The van der Waals surface area contributed by atoms with E-state index in [1.807, 2.05) is 13.0 Å². The first-order valence-corrected chi connectivity index (χ1v) is 11.7. The molecular weight excluding hydrogens is 434 g/mol. The van der Waals surface area contributed by atoms with Gasteiger partial charge in [-0.1, -0.05) is 24.6 Å². The minimum absolute atomic E-state index is 0.0474. The van der Waals surface area contributed by atoms with Gasteiger partial charge in [-0.2, -0.15) is 0 Å². The average molecular weight is 462 g/mol. The zero-order chi connectivity index (χ0) is 24.3. The van der Waals surface area contributed by atoms with E-state index in [2.05, 4.69) is 0 Å². The van der Waals surface area contributed by atoms with Gasteiger partial charge in [0.2, 0.25) is 11.8 Å². The van der Waals surface area contributed by atoms with Crippen molar-refractivity contribution in [2.45, 2.75) is 39.0 Å². The van der Waals surface area contributed by atoms with Crippen LogP contribution >= 0.6 is 0 Å². The number of phenolic OH excluding ortho intramolecular Hbond substituents is 1. The molecule has 0 radical (unpaired) electrons. The summed E-state index contributed by atoms with van der Waals surface area (Å²) in [6.07, 6.45) is 4.57. The number of ketones is 2. The zero-order valence-corrected chi connectivity index (χ0v) is 19.5. The van der Waals surface area contributed by atoms with Gasteiger partial charge in [0.25, 0.3) is 0 Å². The number of imide groups is 1. The number of allylic oxidation sites excluding steroid dienone is 6. The maximum absolute atomic E-state index is 13.4. The van der Waals surface area contributed by atoms with Crippen molar-refractivity contribution in [2.24, 2.45) is 17.8 Å². The SMILES string of the molecule is CCCN1C(=O)C2CC=C3C(c4c(O)cccc4OC)C4=C(CC3C2C1=O)C(=O)C=C(C)C4=O. The van der Waals surface area contributed by atoms with Crippen molar-refractivity contribution in [1.29, 1.82) is 0 Å². The van der Waals surface area contributed by atoms with Gasteiger partial charge in [0, 0.05) is 34.7 Å². The number of nitrogens with zero attached hydrogens (tertiary/aromatic N) is 1. The molecule has 0 saturated carbocycles. The Morgan fingerprint density at radius 1 is 1.12 bits per heavy atom. The number of Topliss-reactive ketones (excluding diaryl/α,β-unsaturated/α-hetero) is 1. The summed E-state index contributed by atoms with van der Waals surface area (Å²) >= 11 is 0. The van der Waals surface area contributed by atoms with E-state index < -0.39 is 23.7 Å². The maximum atomic E-state index is 13.4. The standard InChI is InChI=1S/C27H27NO6/c1-4-10-28-26(32)15-9-8-14-16(21(15)27(28)33)12-17-19(30)11-13(2)25(31)23(17)22(14)24-18(29)6-5-7-20(24)34-3/h5-8,11,15-16,21-22,29H,4,9-10,12H2,1-3H3. The maximum Gasteiger partial charge on any atom is 0.233 e. The Morgan fingerprint density at radius 3 is 2.59 bits per heavy atom. The molecule has 0 spiro atoms. The monoisotopic (exact) mass is 461 g/mol. The normalized spacial score (nSPS) is 28.4. The molecule has 34 heavy (non-hydrogen) atoms. The van der Waals surface area contributed by atoms with E-state index in [1.54, 1.807) is 19.1 Å². The highest BCUT2D eigenvalue weighted by atomic mass is 16.5. The Kier molecular flexibility index (Phi) is 5.30. The lowest BCUT2D eigenvalue weighted by atomic mass is 9.59. The molecule has 4 aliphatic rings. The number of ether oxygens (including phenoxy) is 1. The molecule has 1 heterocycles. The van der Waals surface area contributed by atoms with Crippen molar-refractivity contribution in [3.05, 3.63) is 58.2 Å². The quantitative estimate of drug-likeness (QED) is 0.420. The number of methoxy groups -OCH3 is 1. The number of amides is 2. The first-order chi connectivity index (χ1) is 16.3. The average Bonchev–Trinajstić information content (AvgIpc) is 3.06. The second kappa shape index (κ2) is 8.08. The van der Waals surface area contributed by atoms with Crippen LogP contribution in [0.3, 0.4) is 0 Å². The Bertz CT molecular complexity index is 1240. The van der Waals surface area contributed by atoms with E-state index in [0.717, 1.165) is 5.57 Å². The van der Waals surface area contributed by atoms with Crippen molar-refractivity contribution in [1.82, 2.24) is 4.90 Å². The number of aromatic hydroxyl groups is 1. The third-order valence-electron chi connectivity index (χ3n) is 7.65. The largest absolute Gasteiger partial charge is 0.507 e. The first kappa shape index (κ1) is 22.3. The second-order valence-electron chi connectivity index (χ2n) is 9.45. The Balaban J connectivity index is 1.72. The van der Waals surface area contributed by atoms with Gasteiger partial charge in [0.1, 0.15) is 11.5 Å². The first-order valence-electron chi connectivity index (χ1n) is 11.7. The van der Waals surface area contributed by atoms with Crippen LogP contribution in [0.1, 0.15) is 44.6 Å². The Morgan fingerprint density at radius 2 is 1.88 bits per heavy atom. The van der Waals surface area contributed by atoms with Crippen molar-refractivity contribution in [3.63, 3.8) is 0 Å². The molecule has 5 rings (SSSR count). The number of benzene rings is 1. The summed E-state index contributed by atoms with van der Waals surface area (Å²) in [7, 11) is 1.49. The molecule has 4 unspecified atom stereocenters. The minimum Gasteiger partial charge on any atom is -0.507 e. The third kappa shape index (κ3) is 3.02. The van der Waals surface area contributed by atoms with Crippen LogP contribution in [0.15, 0.2) is 52.6 Å². The lowest BCUT2D eigenvalue weighted by Crippen LogP contribution is -2.40. The van der Waals surface area contributed by atoms with Crippen molar-refractivity contribution >= 4 is 23.4 Å². The van der Waals surface area contributed by atoms with Gasteiger partial charge in [-0.25, -0.2) is 0 Å². The molecule has 1 N–H and O–H groups in total. The molecule has 1 fully saturated rings. The van der Waals surface area contributed by atoms with E-state index in [4.69, 9.17) is 4.74 Å². The van der Waals surface area contributed by atoms with Crippen LogP contribution in [0, 0.1) is 17.8 Å². The fourth-order valence-corrected chi connectivity index (χ4v) is 6.20. The molecule has 0 aromatic heterocycles. The van der Waals surface area contributed by atoms with Gasteiger partial charge in [-0.3, -0.25) is 24.1 Å². The number of phenols is 1. The summed E-state index contributed by atoms with van der Waals surface area (Å²) in [5.41, 5.74) is 2.26. The molecule has 1 aliphatic heterocycles. The fourth-order valence-electron chi connectivity index (χ4n) is 6.20. The van der Waals surface area contributed by atoms with Crippen LogP contribution in [0.4, 0.5) is 0 Å². The minimum atomic E-state index is -0.728. The summed E-state index contributed by atoms with van der Waals surface area (Å²) in [6.45, 7) is 3.91. The molecule has 4 atom stereocenters. The van der Waals surface area contributed by atoms with Gasteiger partial charge >= 0.3 is 0 Å². The van der Waals surface area contributed by atoms with Crippen LogP contribution in [0.25, 0.3) is 0 Å². The van der Waals surface area contributed by atoms with E-state index in [0.29, 0.717) is 47.4 Å². The smallest absolute Gasteiger partial charge is 0.233 e. The van der Waals surface area contributed by atoms with Crippen LogP contribution in [-0.2, 0) is 19.2 Å². The summed E-state index contributed by atoms with van der Waals surface area (Å²) in [5, 5.41) is 10.9. The van der Waals surface area contributed by atoms with Crippen LogP contribution in [0.5, 0.6) is 11.5 Å². The Hall–Kier alpha value is -3.48. The van der Waals surface area contributed by atoms with Crippen molar-refractivity contribution in [3.8, 4) is 11.5 Å². The number of carbonyl (C=O) groups excluding carboxylic acids is 4. The van der Waals surface area contributed by atoms with E-state index >= 15 is 0 Å². The predicted molar refractivity (Wildman–Crippen MR) is 123 cm³/mol. The molecule has 7 nitrogen and oxygen atoms in total. The second-order valence-corrected chi connectivity index (χ2v) is 9.45. The number of fused-ring (bicyclic) bond motifs is 3. The van der Waals surface area contributed by atoms with Crippen molar-refractivity contribution < 1.29 is 29.0 Å². The lowest BCUT2D eigenvalue weighted by Gasteiger charge is -2.42. The summed E-state index contributed by atoms with van der Waals surface area (Å²) in [4.78, 5) is 54.3. The molecular formula is C27H27NO6. The number of likely N-dealkylation sites (tertiary alicyclic amines) is 1. The molecule has 7 heteroatoms. The van der Waals surface area contributed by atoms with Gasteiger partial charge < -0.3 is 9.84 Å². The van der Waals surface area contributed by atoms with Gasteiger partial charge in [-0.05, 0) is 50.3 Å². The molecule has 176 valence electrons. The predicted octanol–water partition coefficient (Wildman–Crippen LogP) is 3.24. The topological polar surface area (TPSA) is 101 Å². The van der Waals surface area contributed by atoms with Gasteiger partial charge in [0.15, 0.2) is 11.6 Å². The number of hydrogen-bond donors (Lipinski definition) is 1. The number of rotatable bonds is 4. The molecule has 0 bridgehead atoms. The van der Waals surface area contributed by atoms with E-state index in [-0.39, 0.29) is 35.6 Å². The molecule has 1 saturated heterocycles. The molecule has 1 aromatic rings. The number of hydrogen-bond acceptors (Lipinski definition) is 6. The van der Waals surface area contributed by atoms with Crippen molar-refractivity contribution in [2.75, 3.05) is 13.7 Å². The fraction of sp³-hybridized carbons (Fsp3) is 0.407. The molecule has 2 amide bonds. The highest BCUT2D eigenvalue weighted by Crippen LogP contribution is 2.57. The van der Waals surface area contributed by atoms with Gasteiger partial charge in [-0.15, -0.1) is 0 Å². The molecule has 3 aliphatic carbocycles. The summed E-state index contributed by atoms with van der Waals surface area (Å²) in [5.74, 6) is -2.70. The molecule has 1 aromatic carbocycles. The summed E-state index contributed by atoms with van der Waals surface area (Å²) in [6, 6.07) is 4.88. The van der Waals surface area contributed by atoms with E-state index in [9.17, 15) is 24.3 Å². The van der Waals surface area contributed by atoms with Crippen LogP contribution in [-0.4, -0.2) is 47.0 Å². The Labute approximate surface area is 197 Å². The lowest BCUT2D eigenvalue weighted by molar-refractivity contribution is -0.140. The highest BCUT2D eigenvalue weighted by Gasteiger charge is 2.56. The zero-order valence-electron chi connectivity index (χ0n) is 19.5.